The summed E-state index contributed by atoms with van der Waals surface area (Å²) in [5, 5.41) is 2.32. The second kappa shape index (κ2) is 6.82. The van der Waals surface area contributed by atoms with E-state index in [1.807, 2.05) is 0 Å². The summed E-state index contributed by atoms with van der Waals surface area (Å²) in [7, 11) is 6.60. The standard InChI is InChI=1S/C13H29N5/c1-15-8-10-18(11-9-15)7-5-14-17(3)13-4-6-16(2)12-13/h13-14H,4-12H2,1-3H3. The van der Waals surface area contributed by atoms with Crippen LogP contribution in [0.2, 0.25) is 0 Å². The summed E-state index contributed by atoms with van der Waals surface area (Å²) in [6.07, 6.45) is 1.29. The highest BCUT2D eigenvalue weighted by atomic mass is 15.5. The van der Waals surface area contributed by atoms with E-state index >= 15 is 0 Å². The molecule has 0 aromatic rings. The van der Waals surface area contributed by atoms with E-state index in [4.69, 9.17) is 0 Å². The first-order valence-electron chi connectivity index (χ1n) is 7.21. The molecule has 2 saturated heterocycles. The van der Waals surface area contributed by atoms with Crippen LogP contribution in [0.5, 0.6) is 0 Å². The number of hydrogen-bond acceptors (Lipinski definition) is 5. The first-order chi connectivity index (χ1) is 8.65. The predicted molar refractivity (Wildman–Crippen MR) is 75.6 cm³/mol. The molecule has 2 fully saturated rings. The van der Waals surface area contributed by atoms with Crippen LogP contribution in [0, 0.1) is 0 Å². The van der Waals surface area contributed by atoms with Gasteiger partial charge >= 0.3 is 0 Å². The Morgan fingerprint density at radius 1 is 1.06 bits per heavy atom. The van der Waals surface area contributed by atoms with E-state index in [0.29, 0.717) is 6.04 Å². The van der Waals surface area contributed by atoms with Gasteiger partial charge in [0.15, 0.2) is 0 Å². The van der Waals surface area contributed by atoms with Crippen LogP contribution in [0.15, 0.2) is 0 Å². The third kappa shape index (κ3) is 4.17. The minimum atomic E-state index is 0.683. The van der Waals surface area contributed by atoms with E-state index in [1.165, 1.54) is 52.2 Å². The molecule has 106 valence electrons. The van der Waals surface area contributed by atoms with Gasteiger partial charge in [-0.25, -0.2) is 5.01 Å². The summed E-state index contributed by atoms with van der Waals surface area (Å²) >= 11 is 0. The quantitative estimate of drug-likeness (QED) is 0.660. The Hall–Kier alpha value is -0.200. The molecule has 0 bridgehead atoms. The van der Waals surface area contributed by atoms with Crippen molar-refractivity contribution >= 4 is 0 Å². The highest BCUT2D eigenvalue weighted by molar-refractivity contribution is 4.78. The molecule has 1 unspecified atom stereocenters. The molecule has 2 rings (SSSR count). The van der Waals surface area contributed by atoms with Crippen molar-refractivity contribution in [3.05, 3.63) is 0 Å². The third-order valence-electron chi connectivity index (χ3n) is 4.30. The van der Waals surface area contributed by atoms with Gasteiger partial charge in [0.1, 0.15) is 0 Å². The van der Waals surface area contributed by atoms with Gasteiger partial charge in [0, 0.05) is 58.9 Å². The predicted octanol–water partition coefficient (Wildman–Crippen LogP) is -0.626. The Bertz CT molecular complexity index is 240. The molecule has 0 aromatic carbocycles. The number of rotatable bonds is 5. The molecule has 18 heavy (non-hydrogen) atoms. The smallest absolute Gasteiger partial charge is 0.0379 e. The van der Waals surface area contributed by atoms with E-state index < -0.39 is 0 Å². The minimum absolute atomic E-state index is 0.683. The summed E-state index contributed by atoms with van der Waals surface area (Å²) in [6, 6.07) is 0.683. The maximum atomic E-state index is 3.56. The van der Waals surface area contributed by atoms with E-state index in [-0.39, 0.29) is 0 Å². The Morgan fingerprint density at radius 2 is 1.78 bits per heavy atom. The summed E-state index contributed by atoms with van der Waals surface area (Å²) in [5.74, 6) is 0. The van der Waals surface area contributed by atoms with E-state index in [2.05, 4.69) is 46.3 Å². The third-order valence-corrected chi connectivity index (χ3v) is 4.30. The Kier molecular flexibility index (Phi) is 5.38. The molecule has 2 heterocycles. The van der Waals surface area contributed by atoms with Gasteiger partial charge in [-0.15, -0.1) is 0 Å². The fraction of sp³-hybridized carbons (Fsp3) is 1.00. The van der Waals surface area contributed by atoms with Crippen LogP contribution >= 0.6 is 0 Å². The molecule has 0 saturated carbocycles. The van der Waals surface area contributed by atoms with Gasteiger partial charge in [-0.05, 0) is 27.1 Å². The Balaban J connectivity index is 1.57. The lowest BCUT2D eigenvalue weighted by atomic mass is 10.2. The molecule has 0 aliphatic carbocycles. The summed E-state index contributed by atoms with van der Waals surface area (Å²) in [4.78, 5) is 7.37. The lowest BCUT2D eigenvalue weighted by molar-refractivity contribution is 0.125. The highest BCUT2D eigenvalue weighted by Crippen LogP contribution is 2.10. The molecule has 1 atom stereocenters. The van der Waals surface area contributed by atoms with Gasteiger partial charge in [-0.3, -0.25) is 10.3 Å². The van der Waals surface area contributed by atoms with Crippen molar-refractivity contribution in [1.82, 2.24) is 25.1 Å². The fourth-order valence-corrected chi connectivity index (χ4v) is 2.81. The lowest BCUT2D eigenvalue weighted by Gasteiger charge is -2.33. The molecular formula is C13H29N5. The Labute approximate surface area is 112 Å². The maximum absolute atomic E-state index is 3.56. The summed E-state index contributed by atoms with van der Waals surface area (Å²) < 4.78 is 0. The number of nitrogens with zero attached hydrogens (tertiary/aromatic N) is 4. The van der Waals surface area contributed by atoms with Gasteiger partial charge in [-0.1, -0.05) is 0 Å². The van der Waals surface area contributed by atoms with Crippen molar-refractivity contribution in [2.75, 3.05) is 73.5 Å². The molecule has 0 aromatic heterocycles. The van der Waals surface area contributed by atoms with Crippen molar-refractivity contribution in [2.45, 2.75) is 12.5 Å². The van der Waals surface area contributed by atoms with Crippen LogP contribution in [0.1, 0.15) is 6.42 Å². The fourth-order valence-electron chi connectivity index (χ4n) is 2.81. The van der Waals surface area contributed by atoms with Crippen molar-refractivity contribution in [1.29, 1.82) is 0 Å². The van der Waals surface area contributed by atoms with Gasteiger partial charge < -0.3 is 9.80 Å². The average Bonchev–Trinajstić information content (AvgIpc) is 2.78. The number of likely N-dealkylation sites (N-methyl/N-ethyl adjacent to an activating group) is 3. The lowest BCUT2D eigenvalue weighted by Crippen LogP contribution is -2.50. The number of hydrogen-bond donors (Lipinski definition) is 1. The maximum Gasteiger partial charge on any atom is 0.0379 e. The van der Waals surface area contributed by atoms with Crippen molar-refractivity contribution in [2.24, 2.45) is 0 Å². The van der Waals surface area contributed by atoms with Crippen molar-refractivity contribution in [3.8, 4) is 0 Å². The monoisotopic (exact) mass is 255 g/mol. The van der Waals surface area contributed by atoms with E-state index in [1.54, 1.807) is 0 Å². The van der Waals surface area contributed by atoms with Gasteiger partial charge in [-0.2, -0.15) is 0 Å². The molecular weight excluding hydrogens is 226 g/mol. The molecule has 2 aliphatic heterocycles. The van der Waals surface area contributed by atoms with Gasteiger partial charge in [0.05, 0.1) is 0 Å². The average molecular weight is 255 g/mol. The molecule has 0 amide bonds. The topological polar surface area (TPSA) is 25.0 Å². The van der Waals surface area contributed by atoms with E-state index in [9.17, 15) is 0 Å². The van der Waals surface area contributed by atoms with Crippen LogP contribution in [-0.2, 0) is 0 Å². The molecule has 1 N–H and O–H groups in total. The van der Waals surface area contributed by atoms with Crippen LogP contribution in [0.3, 0.4) is 0 Å². The highest BCUT2D eigenvalue weighted by Gasteiger charge is 2.23. The molecule has 5 heteroatoms. The van der Waals surface area contributed by atoms with Gasteiger partial charge in [0.25, 0.3) is 0 Å². The summed E-state index contributed by atoms with van der Waals surface area (Å²) in [5.41, 5.74) is 3.56. The van der Waals surface area contributed by atoms with E-state index in [0.717, 1.165) is 6.54 Å². The van der Waals surface area contributed by atoms with Crippen molar-refractivity contribution < 1.29 is 0 Å². The van der Waals surface area contributed by atoms with Crippen LogP contribution < -0.4 is 5.43 Å². The van der Waals surface area contributed by atoms with Crippen LogP contribution in [0.4, 0.5) is 0 Å². The number of hydrazine groups is 1. The largest absolute Gasteiger partial charge is 0.305 e. The zero-order valence-electron chi connectivity index (χ0n) is 12.2. The zero-order valence-corrected chi connectivity index (χ0v) is 12.2. The minimum Gasteiger partial charge on any atom is -0.305 e. The van der Waals surface area contributed by atoms with Crippen LogP contribution in [0.25, 0.3) is 0 Å². The van der Waals surface area contributed by atoms with Crippen LogP contribution in [-0.4, -0.2) is 99.3 Å². The molecule has 0 radical (unpaired) electrons. The zero-order chi connectivity index (χ0) is 13.0. The number of likely N-dealkylation sites (tertiary alicyclic amines) is 1. The Morgan fingerprint density at radius 3 is 2.39 bits per heavy atom. The molecule has 5 nitrogen and oxygen atoms in total. The van der Waals surface area contributed by atoms with Gasteiger partial charge in [0.2, 0.25) is 0 Å². The number of nitrogens with one attached hydrogen (secondary N) is 1. The van der Waals surface area contributed by atoms with Crippen molar-refractivity contribution in [3.63, 3.8) is 0 Å². The SMILES string of the molecule is CN1CCN(CCNN(C)C2CCN(C)C2)CC1. The molecule has 0 spiro atoms. The second-order valence-corrected chi connectivity index (χ2v) is 5.87. The number of piperazine rings is 1. The summed E-state index contributed by atoms with van der Waals surface area (Å²) in [6.45, 7) is 9.52. The first-order valence-corrected chi connectivity index (χ1v) is 7.21. The molecule has 2 aliphatic rings. The second-order valence-electron chi connectivity index (χ2n) is 5.87. The normalized spacial score (nSPS) is 28.3. The first kappa shape index (κ1) is 14.2.